The van der Waals surface area contributed by atoms with Crippen molar-refractivity contribution >= 4 is 6.21 Å². The zero-order valence-corrected chi connectivity index (χ0v) is 9.52. The molecular weight excluding hydrogens is 160 g/mol. The molecule has 0 aliphatic heterocycles. The van der Waals surface area contributed by atoms with Gasteiger partial charge >= 0.3 is 0 Å². The molecule has 0 bridgehead atoms. The Bertz CT molecular complexity index is 188. The van der Waals surface area contributed by atoms with Crippen LogP contribution in [0, 0.1) is 5.41 Å². The molecule has 0 rings (SSSR count). The summed E-state index contributed by atoms with van der Waals surface area (Å²) in [6.07, 6.45) is 4.84. The third-order valence-corrected chi connectivity index (χ3v) is 2.44. The maximum Gasteiger partial charge on any atom is 0.106 e. The Morgan fingerprint density at radius 2 is 1.92 bits per heavy atom. The van der Waals surface area contributed by atoms with E-state index < -0.39 is 0 Å². The van der Waals surface area contributed by atoms with Gasteiger partial charge in [-0.05, 0) is 20.4 Å². The SMILES string of the molecule is C=CC(C)(C)C=NC(C)(CC)NC. The van der Waals surface area contributed by atoms with Gasteiger partial charge in [-0.25, -0.2) is 0 Å². The maximum atomic E-state index is 4.53. The Morgan fingerprint density at radius 3 is 2.23 bits per heavy atom. The standard InChI is InChI=1S/C11H22N2/c1-7-10(3,4)9-13-11(5,8-2)12-6/h7,9,12H,1,8H2,2-6H3. The van der Waals surface area contributed by atoms with Gasteiger partial charge in [-0.3, -0.25) is 10.3 Å². The summed E-state index contributed by atoms with van der Waals surface area (Å²) in [5.41, 5.74) is -0.159. The molecule has 0 spiro atoms. The van der Waals surface area contributed by atoms with Crippen LogP contribution in [0.1, 0.15) is 34.1 Å². The molecule has 0 saturated carbocycles. The molecule has 2 heteroatoms. The first-order valence-electron chi connectivity index (χ1n) is 4.78. The molecule has 0 aromatic carbocycles. The lowest BCUT2D eigenvalue weighted by Gasteiger charge is -2.24. The lowest BCUT2D eigenvalue weighted by atomic mass is 9.95. The van der Waals surface area contributed by atoms with Crippen molar-refractivity contribution < 1.29 is 0 Å². The molecule has 2 nitrogen and oxygen atoms in total. The Labute approximate surface area is 82.1 Å². The number of nitrogens with one attached hydrogen (secondary N) is 1. The highest BCUT2D eigenvalue weighted by Crippen LogP contribution is 2.16. The van der Waals surface area contributed by atoms with E-state index in [1.807, 2.05) is 19.3 Å². The molecule has 0 heterocycles. The molecule has 1 unspecified atom stereocenters. The summed E-state index contributed by atoms with van der Waals surface area (Å²) in [7, 11) is 1.93. The third kappa shape index (κ3) is 4.23. The summed E-state index contributed by atoms with van der Waals surface area (Å²) in [5, 5.41) is 3.19. The van der Waals surface area contributed by atoms with Crippen molar-refractivity contribution in [2.24, 2.45) is 10.4 Å². The van der Waals surface area contributed by atoms with Crippen molar-refractivity contribution in [2.75, 3.05) is 7.05 Å². The second kappa shape index (κ2) is 4.56. The van der Waals surface area contributed by atoms with Gasteiger partial charge in [-0.1, -0.05) is 26.8 Å². The highest BCUT2D eigenvalue weighted by atomic mass is 15.1. The van der Waals surface area contributed by atoms with E-state index in [4.69, 9.17) is 0 Å². The molecule has 76 valence electrons. The van der Waals surface area contributed by atoms with Gasteiger partial charge in [0.15, 0.2) is 0 Å². The topological polar surface area (TPSA) is 24.4 Å². The van der Waals surface area contributed by atoms with E-state index in [1.54, 1.807) is 0 Å². The van der Waals surface area contributed by atoms with Crippen molar-refractivity contribution in [2.45, 2.75) is 39.8 Å². The number of allylic oxidation sites excluding steroid dienone is 1. The smallest absolute Gasteiger partial charge is 0.106 e. The van der Waals surface area contributed by atoms with Crippen LogP contribution in [0.3, 0.4) is 0 Å². The van der Waals surface area contributed by atoms with Crippen LogP contribution in [0.5, 0.6) is 0 Å². The molecule has 1 N–H and O–H groups in total. The van der Waals surface area contributed by atoms with Gasteiger partial charge in [-0.2, -0.15) is 0 Å². The molecule has 0 aliphatic carbocycles. The monoisotopic (exact) mass is 182 g/mol. The van der Waals surface area contributed by atoms with Crippen molar-refractivity contribution in [3.8, 4) is 0 Å². The van der Waals surface area contributed by atoms with Gasteiger partial charge in [-0.15, -0.1) is 6.58 Å². The first-order valence-corrected chi connectivity index (χ1v) is 4.78. The minimum absolute atomic E-state index is 0.0206. The van der Waals surface area contributed by atoms with Crippen molar-refractivity contribution in [1.29, 1.82) is 0 Å². The minimum Gasteiger partial charge on any atom is -0.297 e. The highest BCUT2D eigenvalue weighted by molar-refractivity contribution is 5.67. The number of hydrogen-bond donors (Lipinski definition) is 1. The van der Waals surface area contributed by atoms with E-state index in [-0.39, 0.29) is 11.1 Å². The van der Waals surface area contributed by atoms with E-state index in [0.717, 1.165) is 6.42 Å². The first-order chi connectivity index (χ1) is 5.89. The van der Waals surface area contributed by atoms with Crippen LogP contribution in [0.4, 0.5) is 0 Å². The Hall–Kier alpha value is -0.630. The van der Waals surface area contributed by atoms with Gasteiger partial charge in [0.2, 0.25) is 0 Å². The van der Waals surface area contributed by atoms with Crippen LogP contribution in [0.2, 0.25) is 0 Å². The summed E-state index contributed by atoms with van der Waals surface area (Å²) >= 11 is 0. The molecular formula is C11H22N2. The number of nitrogens with zero attached hydrogens (tertiary/aromatic N) is 1. The van der Waals surface area contributed by atoms with E-state index in [1.165, 1.54) is 0 Å². The largest absolute Gasteiger partial charge is 0.297 e. The zero-order chi connectivity index (χ0) is 10.5. The normalized spacial score (nSPS) is 17.3. The molecule has 1 atom stereocenters. The van der Waals surface area contributed by atoms with Crippen LogP contribution in [-0.4, -0.2) is 18.9 Å². The lowest BCUT2D eigenvalue weighted by Crippen LogP contribution is -2.37. The second-order valence-electron chi connectivity index (χ2n) is 4.16. The Morgan fingerprint density at radius 1 is 1.38 bits per heavy atom. The van der Waals surface area contributed by atoms with Gasteiger partial charge < -0.3 is 0 Å². The fourth-order valence-corrected chi connectivity index (χ4v) is 0.694. The number of rotatable bonds is 5. The van der Waals surface area contributed by atoms with Gasteiger partial charge in [0.25, 0.3) is 0 Å². The first kappa shape index (κ1) is 12.4. The van der Waals surface area contributed by atoms with E-state index in [0.29, 0.717) is 0 Å². The van der Waals surface area contributed by atoms with Crippen LogP contribution in [0.25, 0.3) is 0 Å². The Balaban J connectivity index is 4.48. The van der Waals surface area contributed by atoms with E-state index in [9.17, 15) is 0 Å². The van der Waals surface area contributed by atoms with Gasteiger partial charge in [0.05, 0.1) is 0 Å². The van der Waals surface area contributed by atoms with Crippen molar-refractivity contribution in [3.63, 3.8) is 0 Å². The summed E-state index contributed by atoms with van der Waals surface area (Å²) < 4.78 is 0. The van der Waals surface area contributed by atoms with Crippen LogP contribution < -0.4 is 5.32 Å². The predicted octanol–water partition coefficient (Wildman–Crippen LogP) is 2.62. The summed E-state index contributed by atoms with van der Waals surface area (Å²) in [5.74, 6) is 0. The van der Waals surface area contributed by atoms with Crippen LogP contribution >= 0.6 is 0 Å². The van der Waals surface area contributed by atoms with Crippen LogP contribution in [0.15, 0.2) is 17.6 Å². The van der Waals surface area contributed by atoms with Crippen molar-refractivity contribution in [1.82, 2.24) is 5.32 Å². The molecule has 0 amide bonds. The molecule has 0 saturated heterocycles. The van der Waals surface area contributed by atoms with Gasteiger partial charge in [0, 0.05) is 11.6 Å². The zero-order valence-electron chi connectivity index (χ0n) is 9.52. The van der Waals surface area contributed by atoms with E-state index >= 15 is 0 Å². The minimum atomic E-state index is -0.139. The summed E-state index contributed by atoms with van der Waals surface area (Å²) in [6, 6.07) is 0. The molecule has 0 aromatic rings. The fourth-order valence-electron chi connectivity index (χ4n) is 0.694. The quantitative estimate of drug-likeness (QED) is 0.513. The van der Waals surface area contributed by atoms with E-state index in [2.05, 4.69) is 44.6 Å². The second-order valence-corrected chi connectivity index (χ2v) is 4.16. The number of hydrogen-bond acceptors (Lipinski definition) is 2. The summed E-state index contributed by atoms with van der Waals surface area (Å²) in [6.45, 7) is 12.2. The maximum absolute atomic E-state index is 4.53. The van der Waals surface area contributed by atoms with Crippen molar-refractivity contribution in [3.05, 3.63) is 12.7 Å². The molecule has 0 radical (unpaired) electrons. The third-order valence-electron chi connectivity index (χ3n) is 2.44. The van der Waals surface area contributed by atoms with Crippen LogP contribution in [-0.2, 0) is 0 Å². The highest BCUT2D eigenvalue weighted by Gasteiger charge is 2.18. The lowest BCUT2D eigenvalue weighted by molar-refractivity contribution is 0.388. The average molecular weight is 182 g/mol. The van der Waals surface area contributed by atoms with Gasteiger partial charge in [0.1, 0.15) is 5.66 Å². The molecule has 0 aromatic heterocycles. The molecule has 0 aliphatic rings. The molecule has 13 heavy (non-hydrogen) atoms. The Kier molecular flexibility index (Phi) is 4.34. The predicted molar refractivity (Wildman–Crippen MR) is 60.2 cm³/mol. The number of aliphatic imine (C=N–C) groups is 1. The summed E-state index contributed by atoms with van der Waals surface area (Å²) in [4.78, 5) is 4.53. The molecule has 0 fully saturated rings. The fraction of sp³-hybridized carbons (Fsp3) is 0.727. The average Bonchev–Trinajstić information content (AvgIpc) is 2.14.